The second kappa shape index (κ2) is 13.5. The smallest absolute Gasteiger partial charge is 0.425 e. The first-order valence-electron chi connectivity index (χ1n) is 13.6. The van der Waals surface area contributed by atoms with E-state index in [0.29, 0.717) is 27.9 Å². The number of hydrogen-bond donors (Lipinski definition) is 1. The lowest BCUT2D eigenvalue weighted by Gasteiger charge is -2.34. The van der Waals surface area contributed by atoms with Crippen molar-refractivity contribution in [1.82, 2.24) is 14.9 Å². The van der Waals surface area contributed by atoms with Gasteiger partial charge in [0, 0.05) is 56.3 Å². The highest BCUT2D eigenvalue weighted by Gasteiger charge is 2.26. The zero-order valence-corrected chi connectivity index (χ0v) is 25.2. The Morgan fingerprint density at radius 1 is 0.884 bits per heavy atom. The molecule has 11 nitrogen and oxygen atoms in total. The number of nitrogens with one attached hydrogen (secondary N) is 1. The van der Waals surface area contributed by atoms with Gasteiger partial charge in [0.2, 0.25) is 11.8 Å². The highest BCUT2D eigenvalue weighted by atomic mass is 35.5. The van der Waals surface area contributed by atoms with E-state index in [2.05, 4.69) is 32.1 Å². The molecule has 5 rings (SSSR count). The summed E-state index contributed by atoms with van der Waals surface area (Å²) in [6.07, 6.45) is 0.751. The lowest BCUT2D eigenvalue weighted by Crippen LogP contribution is -2.44. The fourth-order valence-electron chi connectivity index (χ4n) is 4.72. The van der Waals surface area contributed by atoms with Crippen LogP contribution < -0.4 is 34.1 Å². The molecule has 4 aromatic rings. The second-order valence-electron chi connectivity index (χ2n) is 9.71. The van der Waals surface area contributed by atoms with Gasteiger partial charge in [0.05, 0.1) is 43.4 Å². The van der Waals surface area contributed by atoms with E-state index in [9.17, 15) is 4.79 Å². The number of halogens is 1. The van der Waals surface area contributed by atoms with Crippen LogP contribution in [0.4, 0.5) is 33.5 Å². The molecule has 43 heavy (non-hydrogen) atoms. The molecule has 0 unspecified atom stereocenters. The molecule has 1 aromatic heterocycles. The Balaban J connectivity index is 1.38. The fourth-order valence-corrected chi connectivity index (χ4v) is 4.94. The van der Waals surface area contributed by atoms with Crippen molar-refractivity contribution >= 4 is 46.4 Å². The quantitative estimate of drug-likeness (QED) is 0.245. The summed E-state index contributed by atoms with van der Waals surface area (Å²) in [5.74, 6) is 1.96. The van der Waals surface area contributed by atoms with E-state index in [1.807, 2.05) is 18.2 Å². The van der Waals surface area contributed by atoms with Gasteiger partial charge in [0.1, 0.15) is 17.2 Å². The van der Waals surface area contributed by atoms with E-state index in [-0.39, 0.29) is 11.8 Å². The van der Waals surface area contributed by atoms with Crippen LogP contribution in [0.2, 0.25) is 5.02 Å². The Hall–Kier alpha value is -4.74. The third-order valence-corrected chi connectivity index (χ3v) is 7.33. The van der Waals surface area contributed by atoms with Gasteiger partial charge in [0.15, 0.2) is 0 Å². The number of para-hydroxylation sites is 1. The van der Waals surface area contributed by atoms with Crippen molar-refractivity contribution in [1.29, 1.82) is 0 Å². The minimum atomic E-state index is -0.751. The van der Waals surface area contributed by atoms with E-state index in [1.165, 1.54) is 24.3 Å². The first-order valence-corrected chi connectivity index (χ1v) is 14.0. The summed E-state index contributed by atoms with van der Waals surface area (Å²) in [6.45, 7) is 3.82. The Labute approximate surface area is 255 Å². The Kier molecular flexibility index (Phi) is 9.33. The highest BCUT2D eigenvalue weighted by Crippen LogP contribution is 2.40. The summed E-state index contributed by atoms with van der Waals surface area (Å²) in [7, 11) is 6.83. The van der Waals surface area contributed by atoms with Crippen LogP contribution in [0.15, 0.2) is 72.9 Å². The molecule has 3 aromatic carbocycles. The molecule has 1 N–H and O–H groups in total. The van der Waals surface area contributed by atoms with Crippen molar-refractivity contribution in [2.45, 2.75) is 0 Å². The molecule has 0 saturated carbocycles. The number of nitrogens with zero attached hydrogens (tertiary/aromatic N) is 5. The number of amides is 1. The number of aromatic nitrogens is 2. The summed E-state index contributed by atoms with van der Waals surface area (Å²) < 4.78 is 22.3. The van der Waals surface area contributed by atoms with Crippen LogP contribution in [0.25, 0.3) is 0 Å². The molecule has 1 fully saturated rings. The van der Waals surface area contributed by atoms with Crippen LogP contribution in [0.1, 0.15) is 0 Å². The van der Waals surface area contributed by atoms with Crippen LogP contribution in [0, 0.1) is 0 Å². The fraction of sp³-hybridized carbons (Fsp3) is 0.258. The van der Waals surface area contributed by atoms with Gasteiger partial charge in [-0.2, -0.15) is 4.98 Å². The SMILES string of the molecule is COc1ccc(N(C(=O)Oc2ccnc(Nc3ccc(N4CCN(C)CC4)c(OC)c3)n2)c2ccccc2Cl)c(OC)c1. The number of benzene rings is 3. The maximum absolute atomic E-state index is 13.7. The normalized spacial score (nSPS) is 13.3. The van der Waals surface area contributed by atoms with Gasteiger partial charge < -0.3 is 34.1 Å². The van der Waals surface area contributed by atoms with E-state index in [4.69, 9.17) is 30.5 Å². The number of ether oxygens (including phenoxy) is 4. The molecule has 0 spiro atoms. The van der Waals surface area contributed by atoms with Crippen LogP contribution in [0.3, 0.4) is 0 Å². The zero-order chi connectivity index (χ0) is 30.3. The standard InChI is InChI=1S/C31H33ClN6O5/c1-36-15-17-37(18-16-36)25-11-9-21(19-27(25)41-3)34-30-33-14-13-29(35-30)43-31(39)38(24-8-6-5-7-23(24)32)26-12-10-22(40-2)20-28(26)42-4/h5-14,19-20H,15-18H2,1-4H3,(H,33,34,35). The number of methoxy groups -OCH3 is 3. The second-order valence-corrected chi connectivity index (χ2v) is 10.1. The molecular formula is C31H33ClN6O5. The summed E-state index contributed by atoms with van der Waals surface area (Å²) in [5.41, 5.74) is 2.55. The first kappa shape index (κ1) is 29.7. The number of rotatable bonds is 9. The number of hydrogen-bond acceptors (Lipinski definition) is 10. The van der Waals surface area contributed by atoms with Crippen LogP contribution in [-0.2, 0) is 0 Å². The minimum Gasteiger partial charge on any atom is -0.497 e. The monoisotopic (exact) mass is 604 g/mol. The number of anilines is 5. The molecule has 1 aliphatic rings. The Morgan fingerprint density at radius 3 is 2.37 bits per heavy atom. The van der Waals surface area contributed by atoms with Crippen molar-refractivity contribution < 1.29 is 23.7 Å². The highest BCUT2D eigenvalue weighted by molar-refractivity contribution is 6.34. The average molecular weight is 605 g/mol. The van der Waals surface area contributed by atoms with E-state index in [1.54, 1.807) is 56.7 Å². The maximum Gasteiger partial charge on any atom is 0.425 e. The number of piperazine rings is 1. The summed E-state index contributed by atoms with van der Waals surface area (Å²) in [6, 6.07) is 19.3. The lowest BCUT2D eigenvalue weighted by molar-refractivity contribution is 0.208. The largest absolute Gasteiger partial charge is 0.497 e. The van der Waals surface area contributed by atoms with Crippen molar-refractivity contribution in [3.05, 3.63) is 77.9 Å². The number of carbonyl (C=O) groups excluding carboxylic acids is 1. The third kappa shape index (κ3) is 6.85. The van der Waals surface area contributed by atoms with Crippen LogP contribution in [0.5, 0.6) is 23.1 Å². The molecule has 224 valence electrons. The summed E-state index contributed by atoms with van der Waals surface area (Å²) >= 11 is 6.51. The molecule has 0 aliphatic carbocycles. The first-order chi connectivity index (χ1) is 20.9. The summed E-state index contributed by atoms with van der Waals surface area (Å²) in [5, 5.41) is 3.52. The number of likely N-dealkylation sites (N-methyl/N-ethyl adjacent to an activating group) is 1. The Morgan fingerprint density at radius 2 is 1.65 bits per heavy atom. The van der Waals surface area contributed by atoms with Crippen molar-refractivity contribution in [3.63, 3.8) is 0 Å². The number of carbonyl (C=O) groups is 1. The third-order valence-electron chi connectivity index (χ3n) is 7.01. The predicted octanol–water partition coefficient (Wildman–Crippen LogP) is 5.99. The van der Waals surface area contributed by atoms with E-state index < -0.39 is 6.09 Å². The van der Waals surface area contributed by atoms with Gasteiger partial charge >= 0.3 is 6.09 Å². The van der Waals surface area contributed by atoms with Crippen molar-refractivity contribution in [3.8, 4) is 23.1 Å². The molecule has 1 aliphatic heterocycles. The Bertz CT molecular complexity index is 1580. The van der Waals surface area contributed by atoms with Crippen LogP contribution in [-0.4, -0.2) is 75.5 Å². The van der Waals surface area contributed by atoms with Gasteiger partial charge in [0.25, 0.3) is 0 Å². The van der Waals surface area contributed by atoms with E-state index >= 15 is 0 Å². The molecule has 0 bridgehead atoms. The molecule has 1 saturated heterocycles. The molecular weight excluding hydrogens is 572 g/mol. The van der Waals surface area contributed by atoms with Crippen molar-refractivity contribution in [2.24, 2.45) is 0 Å². The summed E-state index contributed by atoms with van der Waals surface area (Å²) in [4.78, 5) is 28.3. The molecule has 0 radical (unpaired) electrons. The lowest BCUT2D eigenvalue weighted by atomic mass is 10.2. The maximum atomic E-state index is 13.7. The van der Waals surface area contributed by atoms with Gasteiger partial charge in [-0.15, -0.1) is 0 Å². The van der Waals surface area contributed by atoms with Gasteiger partial charge in [-0.25, -0.2) is 14.7 Å². The van der Waals surface area contributed by atoms with Gasteiger partial charge in [-0.05, 0) is 43.4 Å². The van der Waals surface area contributed by atoms with Crippen LogP contribution >= 0.6 is 11.6 Å². The average Bonchev–Trinajstić information content (AvgIpc) is 3.02. The zero-order valence-electron chi connectivity index (χ0n) is 24.4. The topological polar surface area (TPSA) is 102 Å². The predicted molar refractivity (Wildman–Crippen MR) is 167 cm³/mol. The van der Waals surface area contributed by atoms with E-state index in [0.717, 1.165) is 43.3 Å². The minimum absolute atomic E-state index is 0.0352. The van der Waals surface area contributed by atoms with Gasteiger partial charge in [-0.1, -0.05) is 23.7 Å². The molecule has 0 atom stereocenters. The molecule has 12 heteroatoms. The molecule has 2 heterocycles. The van der Waals surface area contributed by atoms with Crippen molar-refractivity contribution in [2.75, 3.05) is 69.7 Å². The van der Waals surface area contributed by atoms with Gasteiger partial charge in [-0.3, -0.25) is 0 Å². The molecule has 1 amide bonds.